The van der Waals surface area contributed by atoms with Crippen molar-refractivity contribution in [2.24, 2.45) is 0 Å². The van der Waals surface area contributed by atoms with E-state index in [-0.39, 0.29) is 11.9 Å². The van der Waals surface area contributed by atoms with Crippen molar-refractivity contribution in [1.82, 2.24) is 9.88 Å². The van der Waals surface area contributed by atoms with Gasteiger partial charge in [-0.3, -0.25) is 4.79 Å². The zero-order chi connectivity index (χ0) is 12.8. The van der Waals surface area contributed by atoms with Gasteiger partial charge < -0.3 is 4.90 Å². The van der Waals surface area contributed by atoms with Crippen molar-refractivity contribution in [3.05, 3.63) is 29.8 Å². The summed E-state index contributed by atoms with van der Waals surface area (Å²) < 4.78 is 12.6. The maximum atomic E-state index is 12.6. The van der Waals surface area contributed by atoms with Gasteiger partial charge in [-0.1, -0.05) is 6.92 Å². The second-order valence-corrected chi connectivity index (χ2v) is 5.11. The number of amides is 1. The summed E-state index contributed by atoms with van der Waals surface area (Å²) in [4.78, 5) is 17.2. The van der Waals surface area contributed by atoms with Gasteiger partial charge in [-0.25, -0.2) is 4.98 Å². The average Bonchev–Trinajstić information content (AvgIpc) is 2.35. The third-order valence-electron chi connectivity index (χ3n) is 2.52. The Kier molecular flexibility index (Phi) is 5.41. The molecule has 0 aliphatic heterocycles. The molecule has 0 radical (unpaired) electrons. The summed E-state index contributed by atoms with van der Waals surface area (Å²) in [6.07, 6.45) is 1.27. The lowest BCUT2D eigenvalue weighted by Gasteiger charge is -2.24. The van der Waals surface area contributed by atoms with E-state index in [4.69, 9.17) is 0 Å². The molecule has 0 N–H and O–H groups in total. The van der Waals surface area contributed by atoms with Gasteiger partial charge in [-0.15, -0.1) is 0 Å². The Labute approximate surface area is 105 Å². The van der Waals surface area contributed by atoms with Gasteiger partial charge in [-0.05, 0) is 24.8 Å². The van der Waals surface area contributed by atoms with Crippen molar-refractivity contribution in [2.45, 2.75) is 19.9 Å². The van der Waals surface area contributed by atoms with Crippen molar-refractivity contribution >= 4 is 17.7 Å². The molecule has 1 atom stereocenters. The maximum Gasteiger partial charge on any atom is 0.255 e. The Bertz CT molecular complexity index is 369. The van der Waals surface area contributed by atoms with Gasteiger partial charge in [0.1, 0.15) is 0 Å². The van der Waals surface area contributed by atoms with Crippen LogP contribution >= 0.6 is 11.8 Å². The topological polar surface area (TPSA) is 33.2 Å². The highest BCUT2D eigenvalue weighted by Crippen LogP contribution is 2.10. The van der Waals surface area contributed by atoms with Crippen LogP contribution in [0, 0.1) is 5.95 Å². The summed E-state index contributed by atoms with van der Waals surface area (Å²) >= 11 is 1.79. The number of halogens is 1. The first kappa shape index (κ1) is 14.0. The molecule has 3 nitrogen and oxygen atoms in total. The van der Waals surface area contributed by atoms with E-state index < -0.39 is 5.95 Å². The predicted molar refractivity (Wildman–Crippen MR) is 68.7 cm³/mol. The minimum atomic E-state index is -0.571. The number of hydrogen-bond donors (Lipinski definition) is 0. The average molecular weight is 256 g/mol. The molecule has 94 valence electrons. The fraction of sp³-hybridized carbons (Fsp3) is 0.500. The van der Waals surface area contributed by atoms with E-state index in [0.29, 0.717) is 5.56 Å². The van der Waals surface area contributed by atoms with Gasteiger partial charge in [0.15, 0.2) is 0 Å². The Morgan fingerprint density at radius 2 is 2.29 bits per heavy atom. The van der Waals surface area contributed by atoms with Crippen LogP contribution < -0.4 is 0 Å². The molecule has 5 heteroatoms. The van der Waals surface area contributed by atoms with Crippen LogP contribution in [0.25, 0.3) is 0 Å². The van der Waals surface area contributed by atoms with Crippen LogP contribution in [-0.4, -0.2) is 40.4 Å². The molecule has 0 aliphatic rings. The van der Waals surface area contributed by atoms with Crippen LogP contribution in [0.2, 0.25) is 0 Å². The molecule has 0 saturated heterocycles. The van der Waals surface area contributed by atoms with Gasteiger partial charge >= 0.3 is 0 Å². The smallest absolute Gasteiger partial charge is 0.255 e. The van der Waals surface area contributed by atoms with E-state index >= 15 is 0 Å². The lowest BCUT2D eigenvalue weighted by atomic mass is 10.2. The highest BCUT2D eigenvalue weighted by atomic mass is 32.2. The van der Waals surface area contributed by atoms with Gasteiger partial charge in [0, 0.05) is 25.0 Å². The first-order valence-corrected chi connectivity index (χ1v) is 6.68. The third-order valence-corrected chi connectivity index (χ3v) is 3.65. The molecular formula is C12H17FN2OS. The van der Waals surface area contributed by atoms with Gasteiger partial charge in [0.2, 0.25) is 5.95 Å². The number of thioether (sulfide) groups is 1. The summed E-state index contributed by atoms with van der Waals surface area (Å²) in [7, 11) is 1.76. The molecule has 1 aromatic heterocycles. The molecule has 0 aliphatic carbocycles. The van der Waals surface area contributed by atoms with Gasteiger partial charge in [0.05, 0.1) is 5.56 Å². The number of hydrogen-bond acceptors (Lipinski definition) is 3. The lowest BCUT2D eigenvalue weighted by molar-refractivity contribution is 0.0757. The van der Waals surface area contributed by atoms with Gasteiger partial charge in [0.25, 0.3) is 5.91 Å². The second kappa shape index (κ2) is 6.59. The molecule has 1 heterocycles. The van der Waals surface area contributed by atoms with Crippen molar-refractivity contribution in [1.29, 1.82) is 0 Å². The fourth-order valence-electron chi connectivity index (χ4n) is 1.31. The molecule has 17 heavy (non-hydrogen) atoms. The summed E-state index contributed by atoms with van der Waals surface area (Å²) in [5, 5.41) is 0. The number of pyridine rings is 1. The van der Waals surface area contributed by atoms with Crippen LogP contribution in [-0.2, 0) is 0 Å². The molecule has 0 aromatic carbocycles. The quantitative estimate of drug-likeness (QED) is 0.759. The van der Waals surface area contributed by atoms with Crippen LogP contribution in [0.3, 0.4) is 0 Å². The third kappa shape index (κ3) is 4.00. The van der Waals surface area contributed by atoms with Crippen molar-refractivity contribution in [3.63, 3.8) is 0 Å². The van der Waals surface area contributed by atoms with E-state index in [2.05, 4.69) is 11.9 Å². The Morgan fingerprint density at radius 1 is 1.59 bits per heavy atom. The molecule has 1 amide bonds. The second-order valence-electron chi connectivity index (χ2n) is 3.79. The molecular weight excluding hydrogens is 239 g/mol. The highest BCUT2D eigenvalue weighted by Gasteiger charge is 2.17. The Hall–Kier alpha value is -1.10. The molecule has 0 bridgehead atoms. The van der Waals surface area contributed by atoms with E-state index in [0.717, 1.165) is 11.5 Å². The first-order valence-electron chi connectivity index (χ1n) is 5.52. The lowest BCUT2D eigenvalue weighted by Crippen LogP contribution is -2.36. The Balaban J connectivity index is 2.65. The Morgan fingerprint density at radius 3 is 2.82 bits per heavy atom. The van der Waals surface area contributed by atoms with Gasteiger partial charge in [-0.2, -0.15) is 16.2 Å². The largest absolute Gasteiger partial charge is 0.338 e. The van der Waals surface area contributed by atoms with E-state index in [1.165, 1.54) is 18.3 Å². The first-order chi connectivity index (χ1) is 8.06. The van der Waals surface area contributed by atoms with E-state index in [9.17, 15) is 9.18 Å². The summed E-state index contributed by atoms with van der Waals surface area (Å²) in [5.74, 6) is 1.23. The standard InChI is InChI=1S/C12H17FN2OS/c1-4-17-8-9(2)15(3)12(16)10-5-6-11(13)14-7-10/h5-7,9H,4,8H2,1-3H3/t9-/m1/s1. The molecule has 0 unspecified atom stereocenters. The van der Waals surface area contributed by atoms with E-state index in [1.54, 1.807) is 23.7 Å². The summed E-state index contributed by atoms with van der Waals surface area (Å²) in [5.41, 5.74) is 0.419. The predicted octanol–water partition coefficient (Wildman–Crippen LogP) is 2.43. The molecule has 1 rings (SSSR count). The van der Waals surface area contributed by atoms with Crippen molar-refractivity contribution in [3.8, 4) is 0 Å². The number of carbonyl (C=O) groups is 1. The molecule has 0 saturated carbocycles. The minimum Gasteiger partial charge on any atom is -0.338 e. The van der Waals surface area contributed by atoms with Crippen molar-refractivity contribution < 1.29 is 9.18 Å². The maximum absolute atomic E-state index is 12.6. The SMILES string of the molecule is CCSC[C@@H](C)N(C)C(=O)c1ccc(F)nc1. The van der Waals surface area contributed by atoms with E-state index in [1.807, 2.05) is 6.92 Å². The number of rotatable bonds is 5. The number of nitrogens with zero attached hydrogens (tertiary/aromatic N) is 2. The zero-order valence-corrected chi connectivity index (χ0v) is 11.1. The minimum absolute atomic E-state index is 0.123. The van der Waals surface area contributed by atoms with Crippen LogP contribution in [0.1, 0.15) is 24.2 Å². The van der Waals surface area contributed by atoms with Crippen LogP contribution in [0.15, 0.2) is 18.3 Å². The number of carbonyl (C=O) groups excluding carboxylic acids is 1. The molecule has 1 aromatic rings. The highest BCUT2D eigenvalue weighted by molar-refractivity contribution is 7.99. The zero-order valence-electron chi connectivity index (χ0n) is 10.3. The van der Waals surface area contributed by atoms with Crippen LogP contribution in [0.5, 0.6) is 0 Å². The normalized spacial score (nSPS) is 12.2. The molecule has 0 fully saturated rings. The molecule has 0 spiro atoms. The number of aromatic nitrogens is 1. The van der Waals surface area contributed by atoms with Crippen LogP contribution in [0.4, 0.5) is 4.39 Å². The summed E-state index contributed by atoms with van der Waals surface area (Å²) in [6, 6.07) is 2.81. The monoisotopic (exact) mass is 256 g/mol. The summed E-state index contributed by atoms with van der Waals surface area (Å²) in [6.45, 7) is 4.08. The van der Waals surface area contributed by atoms with Crippen molar-refractivity contribution in [2.75, 3.05) is 18.6 Å². The fourth-order valence-corrected chi connectivity index (χ4v) is 2.11.